The molecule has 176 valence electrons. The largest absolute Gasteiger partial charge is 0.493 e. The van der Waals surface area contributed by atoms with Crippen molar-refractivity contribution in [1.82, 2.24) is 15.2 Å². The molecule has 0 aliphatic carbocycles. The lowest BCUT2D eigenvalue weighted by Crippen LogP contribution is -2.46. The lowest BCUT2D eigenvalue weighted by molar-refractivity contribution is -0.145. The molecule has 9 nitrogen and oxygen atoms in total. The van der Waals surface area contributed by atoms with Crippen LogP contribution in [-0.2, 0) is 20.7 Å². The maximum absolute atomic E-state index is 13.1. The molecule has 1 aromatic heterocycles. The van der Waals surface area contributed by atoms with Gasteiger partial charge in [0.05, 0.1) is 14.2 Å². The van der Waals surface area contributed by atoms with Crippen LogP contribution in [0.4, 0.5) is 0 Å². The van der Waals surface area contributed by atoms with Crippen LogP contribution < -0.4 is 14.8 Å². The molecular weight excluding hydrogens is 438 g/mol. The lowest BCUT2D eigenvalue weighted by Gasteiger charge is -2.29. The van der Waals surface area contributed by atoms with Gasteiger partial charge in [0, 0.05) is 35.6 Å². The van der Waals surface area contributed by atoms with E-state index >= 15 is 0 Å². The molecule has 2 aromatic carbocycles. The van der Waals surface area contributed by atoms with Crippen LogP contribution in [0.25, 0.3) is 10.9 Å². The molecule has 2 amide bonds. The number of amides is 2. The highest BCUT2D eigenvalue weighted by molar-refractivity contribution is 5.99. The van der Waals surface area contributed by atoms with Crippen molar-refractivity contribution in [3.05, 3.63) is 59.3 Å². The Kier molecular flexibility index (Phi) is 5.61. The van der Waals surface area contributed by atoms with Crippen LogP contribution in [0, 0.1) is 0 Å². The third-order valence-corrected chi connectivity index (χ3v) is 6.45. The summed E-state index contributed by atoms with van der Waals surface area (Å²) in [4.78, 5) is 43.1. The number of H-pyrrole nitrogens is 1. The minimum absolute atomic E-state index is 0.206. The smallest absolute Gasteiger partial charge is 0.344 e. The first-order chi connectivity index (χ1) is 16.5. The number of carbonyl (C=O) groups excluding carboxylic acids is 3. The van der Waals surface area contributed by atoms with Crippen molar-refractivity contribution in [1.29, 1.82) is 0 Å². The van der Waals surface area contributed by atoms with E-state index < -0.39 is 18.2 Å². The number of para-hydroxylation sites is 1. The van der Waals surface area contributed by atoms with Crippen molar-refractivity contribution in [2.75, 3.05) is 20.8 Å². The SMILES string of the molecule is COc1ccc2c(c1OC)C(=O)O[C@H]2N1C(=O)CC[C@H]1C(=O)NCCc1c[nH]c2ccccc12. The summed E-state index contributed by atoms with van der Waals surface area (Å²) in [7, 11) is 2.91. The quantitative estimate of drug-likeness (QED) is 0.522. The summed E-state index contributed by atoms with van der Waals surface area (Å²) in [5, 5.41) is 4.06. The third-order valence-electron chi connectivity index (χ3n) is 6.45. The molecule has 2 aliphatic rings. The Morgan fingerprint density at radius 3 is 2.79 bits per heavy atom. The van der Waals surface area contributed by atoms with Gasteiger partial charge in [-0.05, 0) is 36.6 Å². The summed E-state index contributed by atoms with van der Waals surface area (Å²) in [5.74, 6) is -0.487. The average molecular weight is 463 g/mol. The minimum Gasteiger partial charge on any atom is -0.493 e. The van der Waals surface area contributed by atoms with E-state index in [-0.39, 0.29) is 29.5 Å². The van der Waals surface area contributed by atoms with Crippen molar-refractivity contribution < 1.29 is 28.6 Å². The van der Waals surface area contributed by atoms with Crippen molar-refractivity contribution >= 4 is 28.7 Å². The Bertz CT molecular complexity index is 1280. The molecule has 2 N–H and O–H groups in total. The van der Waals surface area contributed by atoms with Crippen LogP contribution in [0.5, 0.6) is 11.5 Å². The summed E-state index contributed by atoms with van der Waals surface area (Å²) in [6, 6.07) is 10.6. The molecule has 2 aliphatic heterocycles. The normalized spacial score (nSPS) is 19.3. The van der Waals surface area contributed by atoms with Crippen molar-refractivity contribution in [2.45, 2.75) is 31.5 Å². The fourth-order valence-corrected chi connectivity index (χ4v) is 4.82. The zero-order chi connectivity index (χ0) is 23.8. The van der Waals surface area contributed by atoms with Gasteiger partial charge in [-0.15, -0.1) is 0 Å². The number of ether oxygens (including phenoxy) is 3. The van der Waals surface area contributed by atoms with Gasteiger partial charge in [-0.3, -0.25) is 14.5 Å². The molecule has 0 radical (unpaired) electrons. The van der Waals surface area contributed by atoms with E-state index in [0.717, 1.165) is 16.5 Å². The highest BCUT2D eigenvalue weighted by atomic mass is 16.6. The van der Waals surface area contributed by atoms with Crippen LogP contribution in [0.15, 0.2) is 42.6 Å². The number of nitrogens with zero attached hydrogens (tertiary/aromatic N) is 1. The van der Waals surface area contributed by atoms with Crippen LogP contribution >= 0.6 is 0 Å². The number of rotatable bonds is 7. The number of cyclic esters (lactones) is 1. The second kappa shape index (κ2) is 8.74. The maximum atomic E-state index is 13.1. The Hall–Kier alpha value is -4.01. The number of esters is 1. The van der Waals surface area contributed by atoms with E-state index in [1.54, 1.807) is 12.1 Å². The number of methoxy groups -OCH3 is 2. The number of carbonyl (C=O) groups is 3. The molecule has 0 spiro atoms. The average Bonchev–Trinajstić information content (AvgIpc) is 3.53. The van der Waals surface area contributed by atoms with Gasteiger partial charge in [-0.25, -0.2) is 4.79 Å². The first kappa shape index (κ1) is 21.8. The molecular formula is C25H25N3O6. The van der Waals surface area contributed by atoms with Crippen LogP contribution in [-0.4, -0.2) is 54.5 Å². The molecule has 9 heteroatoms. The van der Waals surface area contributed by atoms with Crippen molar-refractivity contribution in [2.24, 2.45) is 0 Å². The van der Waals surface area contributed by atoms with Gasteiger partial charge in [-0.2, -0.15) is 0 Å². The molecule has 34 heavy (non-hydrogen) atoms. The van der Waals surface area contributed by atoms with Crippen molar-refractivity contribution in [3.63, 3.8) is 0 Å². The van der Waals surface area contributed by atoms with E-state index in [0.29, 0.717) is 30.7 Å². The summed E-state index contributed by atoms with van der Waals surface area (Å²) in [6.45, 7) is 0.422. The Balaban J connectivity index is 1.33. The van der Waals surface area contributed by atoms with Gasteiger partial charge in [0.25, 0.3) is 0 Å². The first-order valence-electron chi connectivity index (χ1n) is 11.1. The van der Waals surface area contributed by atoms with Crippen molar-refractivity contribution in [3.8, 4) is 11.5 Å². The summed E-state index contributed by atoms with van der Waals surface area (Å²) >= 11 is 0. The Labute approximate surface area is 196 Å². The van der Waals surface area contributed by atoms with Gasteiger partial charge in [0.1, 0.15) is 11.6 Å². The molecule has 0 saturated carbocycles. The highest BCUT2D eigenvalue weighted by Crippen LogP contribution is 2.45. The molecule has 1 saturated heterocycles. The van der Waals surface area contributed by atoms with E-state index in [1.807, 2.05) is 30.5 Å². The number of fused-ring (bicyclic) bond motifs is 2. The second-order valence-corrected chi connectivity index (χ2v) is 8.28. The van der Waals surface area contributed by atoms with Crippen LogP contribution in [0.2, 0.25) is 0 Å². The number of aromatic amines is 1. The molecule has 3 aromatic rings. The zero-order valence-corrected chi connectivity index (χ0v) is 18.9. The number of aromatic nitrogens is 1. The monoisotopic (exact) mass is 463 g/mol. The summed E-state index contributed by atoms with van der Waals surface area (Å²) < 4.78 is 16.2. The first-order valence-corrected chi connectivity index (χ1v) is 11.1. The fraction of sp³-hybridized carbons (Fsp3) is 0.320. The fourth-order valence-electron chi connectivity index (χ4n) is 4.82. The summed E-state index contributed by atoms with van der Waals surface area (Å²) in [5.41, 5.74) is 2.85. The van der Waals surface area contributed by atoms with Crippen LogP contribution in [0.3, 0.4) is 0 Å². The predicted octanol–water partition coefficient (Wildman–Crippen LogP) is 2.70. The number of benzene rings is 2. The predicted molar refractivity (Wildman–Crippen MR) is 123 cm³/mol. The summed E-state index contributed by atoms with van der Waals surface area (Å²) in [6.07, 6.45) is 2.17. The lowest BCUT2D eigenvalue weighted by atomic mass is 10.0. The topological polar surface area (TPSA) is 110 Å². The van der Waals surface area contributed by atoms with Crippen LogP contribution in [0.1, 0.15) is 40.6 Å². The Morgan fingerprint density at radius 1 is 1.18 bits per heavy atom. The second-order valence-electron chi connectivity index (χ2n) is 8.28. The van der Waals surface area contributed by atoms with Gasteiger partial charge in [0.2, 0.25) is 18.0 Å². The minimum atomic E-state index is -0.985. The Morgan fingerprint density at radius 2 is 2.00 bits per heavy atom. The van der Waals surface area contributed by atoms with Gasteiger partial charge < -0.3 is 24.5 Å². The van der Waals surface area contributed by atoms with Gasteiger partial charge in [-0.1, -0.05) is 18.2 Å². The maximum Gasteiger partial charge on any atom is 0.344 e. The van der Waals surface area contributed by atoms with E-state index in [9.17, 15) is 14.4 Å². The van der Waals surface area contributed by atoms with E-state index in [2.05, 4.69) is 10.3 Å². The van der Waals surface area contributed by atoms with E-state index in [4.69, 9.17) is 14.2 Å². The zero-order valence-electron chi connectivity index (χ0n) is 18.9. The molecule has 5 rings (SSSR count). The number of hydrogen-bond donors (Lipinski definition) is 2. The highest BCUT2D eigenvalue weighted by Gasteiger charge is 2.47. The van der Waals surface area contributed by atoms with E-state index in [1.165, 1.54) is 19.1 Å². The third kappa shape index (κ3) is 3.53. The van der Waals surface area contributed by atoms with Gasteiger partial charge >= 0.3 is 5.97 Å². The number of hydrogen-bond acceptors (Lipinski definition) is 6. The number of likely N-dealkylation sites (tertiary alicyclic amines) is 1. The molecule has 2 atom stereocenters. The molecule has 3 heterocycles. The molecule has 0 unspecified atom stereocenters. The molecule has 0 bridgehead atoms. The number of nitrogens with one attached hydrogen (secondary N) is 2. The molecule has 1 fully saturated rings. The van der Waals surface area contributed by atoms with Gasteiger partial charge in [0.15, 0.2) is 11.5 Å². The standard InChI is InChI=1S/C25H25N3O6/c1-32-19-9-7-16-21(22(19)33-2)25(31)34-24(16)28-18(8-10-20(28)29)23(30)26-12-11-14-13-27-17-6-4-3-5-15(14)17/h3-7,9,13,18,24,27H,8,10-12H2,1-2H3,(H,26,30)/t18-,24+/m0/s1.